The molecule has 5 heteroatoms. The van der Waals surface area contributed by atoms with Crippen LogP contribution in [0, 0.1) is 0 Å². The molecule has 0 fully saturated rings. The van der Waals surface area contributed by atoms with Crippen molar-refractivity contribution >= 4 is 24.2 Å². The Bertz CT molecular complexity index is 544. The predicted octanol–water partition coefficient (Wildman–Crippen LogP) is 5.22. The molecule has 2 rings (SSSR count). The largest absolute Gasteiger partial charge is 0.450 e. The van der Waals surface area contributed by atoms with E-state index in [2.05, 4.69) is 37.1 Å². The Morgan fingerprint density at radius 2 is 1.92 bits per heavy atom. The molecule has 0 bridgehead atoms. The van der Waals surface area contributed by atoms with Crippen molar-refractivity contribution < 1.29 is 9.53 Å². The Balaban J connectivity index is 0.00000312. The van der Waals surface area contributed by atoms with E-state index in [9.17, 15) is 4.79 Å². The third-order valence-electron chi connectivity index (χ3n) is 4.94. The molecule has 142 valence electrons. The molecule has 1 aliphatic carbocycles. The van der Waals surface area contributed by atoms with E-state index in [1.54, 1.807) is 0 Å². The molecule has 2 unspecified atom stereocenters. The van der Waals surface area contributed by atoms with E-state index in [-0.39, 0.29) is 18.5 Å². The number of benzene rings is 1. The summed E-state index contributed by atoms with van der Waals surface area (Å²) in [6, 6.07) is 6.77. The van der Waals surface area contributed by atoms with Crippen LogP contribution in [0.4, 0.5) is 10.5 Å². The maximum atomic E-state index is 11.9. The number of nitrogens with zero attached hydrogens (tertiary/aromatic N) is 1. The zero-order valence-corrected chi connectivity index (χ0v) is 16.8. The van der Waals surface area contributed by atoms with Crippen molar-refractivity contribution in [2.75, 3.05) is 25.0 Å². The van der Waals surface area contributed by atoms with Crippen molar-refractivity contribution in [2.45, 2.75) is 65.3 Å². The van der Waals surface area contributed by atoms with Gasteiger partial charge in [0.05, 0.1) is 6.61 Å². The summed E-state index contributed by atoms with van der Waals surface area (Å²) in [7, 11) is 0. The summed E-state index contributed by atoms with van der Waals surface area (Å²) in [6.07, 6.45) is 4.26. The van der Waals surface area contributed by atoms with Crippen LogP contribution in [-0.2, 0) is 11.2 Å². The summed E-state index contributed by atoms with van der Waals surface area (Å²) in [5.74, 6) is 0.407. The van der Waals surface area contributed by atoms with Crippen molar-refractivity contribution in [3.05, 3.63) is 29.3 Å². The fourth-order valence-corrected chi connectivity index (χ4v) is 4.02. The average molecular weight is 369 g/mol. The summed E-state index contributed by atoms with van der Waals surface area (Å²) in [6.45, 7) is 11.3. The summed E-state index contributed by atoms with van der Waals surface area (Å²) in [5, 5.41) is 2.95. The van der Waals surface area contributed by atoms with Gasteiger partial charge < -0.3 is 4.74 Å². The molecule has 0 saturated heterocycles. The molecule has 0 aromatic heterocycles. The van der Waals surface area contributed by atoms with Crippen LogP contribution in [0.5, 0.6) is 0 Å². The van der Waals surface area contributed by atoms with Gasteiger partial charge >= 0.3 is 6.09 Å². The van der Waals surface area contributed by atoms with Crippen molar-refractivity contribution in [2.24, 2.45) is 0 Å². The maximum Gasteiger partial charge on any atom is 0.411 e. The van der Waals surface area contributed by atoms with E-state index in [0.29, 0.717) is 18.6 Å². The molecule has 1 amide bonds. The Hall–Kier alpha value is -1.26. The second-order valence-electron chi connectivity index (χ2n) is 6.65. The molecule has 0 heterocycles. The highest BCUT2D eigenvalue weighted by Gasteiger charge is 2.32. The Labute approximate surface area is 158 Å². The van der Waals surface area contributed by atoms with Crippen molar-refractivity contribution in [1.82, 2.24) is 4.90 Å². The van der Waals surface area contributed by atoms with Crippen LogP contribution < -0.4 is 5.32 Å². The molecule has 1 aromatic rings. The zero-order chi connectivity index (χ0) is 17.5. The first kappa shape index (κ1) is 21.8. The van der Waals surface area contributed by atoms with Gasteiger partial charge in [-0.2, -0.15) is 0 Å². The lowest BCUT2D eigenvalue weighted by Gasteiger charge is -2.40. The Morgan fingerprint density at radius 3 is 2.52 bits per heavy atom. The molecule has 1 aromatic carbocycles. The molecule has 1 N–H and O–H groups in total. The number of nitrogens with one attached hydrogen (secondary N) is 1. The fourth-order valence-electron chi connectivity index (χ4n) is 4.02. The minimum absolute atomic E-state index is 0. The number of hydrogen-bond acceptors (Lipinski definition) is 3. The smallest absolute Gasteiger partial charge is 0.411 e. The monoisotopic (exact) mass is 368 g/mol. The van der Waals surface area contributed by atoms with Gasteiger partial charge in [-0.3, -0.25) is 10.2 Å². The number of fused-ring (bicyclic) bond motifs is 1. The summed E-state index contributed by atoms with van der Waals surface area (Å²) < 4.78 is 5.06. The average Bonchev–Trinajstić information content (AvgIpc) is 2.55. The molecule has 0 radical (unpaired) electrons. The van der Waals surface area contributed by atoms with Gasteiger partial charge in [0.1, 0.15) is 0 Å². The van der Waals surface area contributed by atoms with Crippen LogP contribution in [-0.4, -0.2) is 36.7 Å². The number of rotatable bonds is 7. The maximum absolute atomic E-state index is 11.9. The second-order valence-corrected chi connectivity index (χ2v) is 6.65. The van der Waals surface area contributed by atoms with E-state index in [4.69, 9.17) is 4.74 Å². The van der Waals surface area contributed by atoms with Gasteiger partial charge in [0.2, 0.25) is 0 Å². The highest BCUT2D eigenvalue weighted by molar-refractivity contribution is 5.86. The second kappa shape index (κ2) is 10.7. The van der Waals surface area contributed by atoms with E-state index in [1.165, 1.54) is 30.4 Å². The highest BCUT2D eigenvalue weighted by atomic mass is 35.5. The lowest BCUT2D eigenvalue weighted by molar-refractivity contribution is 0.158. The van der Waals surface area contributed by atoms with Gasteiger partial charge in [0.15, 0.2) is 0 Å². The van der Waals surface area contributed by atoms with E-state index < -0.39 is 0 Å². The van der Waals surface area contributed by atoms with Crippen molar-refractivity contribution in [1.29, 1.82) is 0 Å². The summed E-state index contributed by atoms with van der Waals surface area (Å²) >= 11 is 0. The third kappa shape index (κ3) is 5.35. The predicted molar refractivity (Wildman–Crippen MR) is 107 cm³/mol. The van der Waals surface area contributed by atoms with Crippen LogP contribution in [0.1, 0.15) is 64.0 Å². The molecule has 0 spiro atoms. The molecular weight excluding hydrogens is 336 g/mol. The van der Waals surface area contributed by atoms with Gasteiger partial charge in [0.25, 0.3) is 0 Å². The minimum Gasteiger partial charge on any atom is -0.450 e. The number of anilines is 1. The normalized spacial score (nSPS) is 19.1. The topological polar surface area (TPSA) is 41.6 Å². The van der Waals surface area contributed by atoms with E-state index >= 15 is 0 Å². The van der Waals surface area contributed by atoms with Gasteiger partial charge in [-0.25, -0.2) is 4.79 Å². The van der Waals surface area contributed by atoms with Gasteiger partial charge in [-0.15, -0.1) is 12.4 Å². The Kier molecular flexibility index (Phi) is 9.30. The number of carbonyl (C=O) groups is 1. The zero-order valence-electron chi connectivity index (χ0n) is 16.0. The quantitative estimate of drug-likeness (QED) is 0.717. The number of amides is 1. The van der Waals surface area contributed by atoms with Gasteiger partial charge in [0, 0.05) is 11.7 Å². The standard InChI is InChI=1S/C20H32N2O2.ClH/c1-5-13-22(14-6-2)18-12-11-16-9-8-10-17(19(16)15(18)4)21-20(23)24-7-3;/h8-10,15,18H,5-7,11-14H2,1-4H3,(H,21,23);1H. The summed E-state index contributed by atoms with van der Waals surface area (Å²) in [5.41, 5.74) is 3.57. The van der Waals surface area contributed by atoms with Gasteiger partial charge in [-0.05, 0) is 68.8 Å². The van der Waals surface area contributed by atoms with Crippen LogP contribution in [0.15, 0.2) is 18.2 Å². The molecular formula is C20H33ClN2O2. The number of carbonyl (C=O) groups excluding carboxylic acids is 1. The first-order chi connectivity index (χ1) is 11.6. The number of hydrogen-bond donors (Lipinski definition) is 1. The summed E-state index contributed by atoms with van der Waals surface area (Å²) in [4.78, 5) is 14.5. The number of aryl methyl sites for hydroxylation is 1. The molecule has 4 nitrogen and oxygen atoms in total. The third-order valence-corrected chi connectivity index (χ3v) is 4.94. The van der Waals surface area contributed by atoms with Crippen LogP contribution in [0.25, 0.3) is 0 Å². The minimum atomic E-state index is -0.362. The molecule has 2 atom stereocenters. The lowest BCUT2D eigenvalue weighted by Crippen LogP contribution is -2.42. The fraction of sp³-hybridized carbons (Fsp3) is 0.650. The van der Waals surface area contributed by atoms with E-state index in [1.807, 2.05) is 19.1 Å². The number of halogens is 1. The first-order valence-corrected chi connectivity index (χ1v) is 9.41. The van der Waals surface area contributed by atoms with Crippen LogP contribution in [0.2, 0.25) is 0 Å². The number of ether oxygens (including phenoxy) is 1. The highest BCUT2D eigenvalue weighted by Crippen LogP contribution is 2.39. The van der Waals surface area contributed by atoms with Crippen LogP contribution >= 0.6 is 12.4 Å². The van der Waals surface area contributed by atoms with Crippen LogP contribution in [0.3, 0.4) is 0 Å². The Morgan fingerprint density at radius 1 is 1.24 bits per heavy atom. The van der Waals surface area contributed by atoms with Crippen molar-refractivity contribution in [3.63, 3.8) is 0 Å². The lowest BCUT2D eigenvalue weighted by atomic mass is 9.78. The van der Waals surface area contributed by atoms with Gasteiger partial charge in [-0.1, -0.05) is 32.9 Å². The molecule has 1 aliphatic rings. The molecule has 0 aliphatic heterocycles. The van der Waals surface area contributed by atoms with E-state index in [0.717, 1.165) is 25.2 Å². The first-order valence-electron chi connectivity index (χ1n) is 9.41. The molecule has 25 heavy (non-hydrogen) atoms. The van der Waals surface area contributed by atoms with Crippen molar-refractivity contribution in [3.8, 4) is 0 Å². The molecule has 0 saturated carbocycles. The SMILES string of the molecule is CCCN(CCC)C1CCc2cccc(NC(=O)OCC)c2C1C.Cl.